The van der Waals surface area contributed by atoms with Crippen molar-refractivity contribution in [2.24, 2.45) is 4.99 Å². The normalized spacial score (nSPS) is 28.2. The van der Waals surface area contributed by atoms with Gasteiger partial charge in [-0.1, -0.05) is 18.2 Å². The highest BCUT2D eigenvalue weighted by molar-refractivity contribution is 7.19. The molecule has 7 heteroatoms. The molecule has 1 amide bonds. The second kappa shape index (κ2) is 6.91. The van der Waals surface area contributed by atoms with Crippen LogP contribution in [0, 0.1) is 0 Å². The first-order chi connectivity index (χ1) is 13.5. The number of carbonyl (C=O) groups excluding carboxylic acids is 1. The van der Waals surface area contributed by atoms with Gasteiger partial charge >= 0.3 is 0 Å². The highest BCUT2D eigenvalue weighted by Gasteiger charge is 2.47. The largest absolute Gasteiger partial charge is 0.390 e. The van der Waals surface area contributed by atoms with Gasteiger partial charge in [-0.05, 0) is 37.3 Å². The average Bonchev–Trinajstić information content (AvgIpc) is 3.32. The number of piperidine rings is 1. The molecule has 2 fully saturated rings. The SMILES string of the molecule is CC1=NC2(CCN([C@H]3CN(Cc4cc5ccccc5s4)C[C@@H]3O)CC2)C(=O)N1. The summed E-state index contributed by atoms with van der Waals surface area (Å²) < 4.78 is 1.32. The highest BCUT2D eigenvalue weighted by Crippen LogP contribution is 2.33. The summed E-state index contributed by atoms with van der Waals surface area (Å²) in [6, 6.07) is 10.9. The standard InChI is InChI=1S/C21H26N4O2S/c1-14-22-20(27)21(23-14)6-8-25(9-7-21)17-12-24(13-18(17)26)11-16-10-15-4-2-3-5-19(15)28-16/h2-5,10,17-18,26H,6-9,11-13H2,1H3,(H,22,23,27)/t17-,18-/m0/s1. The Morgan fingerprint density at radius 3 is 2.79 bits per heavy atom. The van der Waals surface area contributed by atoms with Gasteiger partial charge in [-0.25, -0.2) is 0 Å². The molecule has 148 valence electrons. The lowest BCUT2D eigenvalue weighted by Gasteiger charge is -2.39. The first-order valence-electron chi connectivity index (χ1n) is 10.0. The number of aliphatic imine (C=N–C) groups is 1. The number of aliphatic hydroxyl groups is 1. The van der Waals surface area contributed by atoms with E-state index in [4.69, 9.17) is 0 Å². The van der Waals surface area contributed by atoms with Crippen molar-refractivity contribution in [1.29, 1.82) is 0 Å². The van der Waals surface area contributed by atoms with Gasteiger partial charge in [0.1, 0.15) is 11.4 Å². The number of amides is 1. The van der Waals surface area contributed by atoms with Gasteiger partial charge < -0.3 is 10.4 Å². The zero-order valence-electron chi connectivity index (χ0n) is 16.1. The summed E-state index contributed by atoms with van der Waals surface area (Å²) in [6.07, 6.45) is 1.12. The van der Waals surface area contributed by atoms with Crippen LogP contribution in [0.2, 0.25) is 0 Å². The number of nitrogens with one attached hydrogen (secondary N) is 1. The number of benzene rings is 1. The Hall–Kier alpha value is -1.80. The minimum absolute atomic E-state index is 0.0445. The number of carbonyl (C=O) groups is 1. The fraction of sp³-hybridized carbons (Fsp3) is 0.524. The predicted molar refractivity (Wildman–Crippen MR) is 112 cm³/mol. The zero-order valence-corrected chi connectivity index (χ0v) is 16.9. The van der Waals surface area contributed by atoms with Gasteiger partial charge in [-0.2, -0.15) is 0 Å². The molecule has 2 N–H and O–H groups in total. The number of fused-ring (bicyclic) bond motifs is 1. The minimum atomic E-state index is -0.569. The quantitative estimate of drug-likeness (QED) is 0.828. The van der Waals surface area contributed by atoms with E-state index in [1.807, 2.05) is 18.3 Å². The second-order valence-electron chi connectivity index (χ2n) is 8.30. The molecule has 2 aromatic rings. The van der Waals surface area contributed by atoms with E-state index >= 15 is 0 Å². The summed E-state index contributed by atoms with van der Waals surface area (Å²) in [5.74, 6) is 0.775. The number of thiophene rings is 1. The van der Waals surface area contributed by atoms with Gasteiger partial charge in [-0.3, -0.25) is 19.6 Å². The first-order valence-corrected chi connectivity index (χ1v) is 10.8. The van der Waals surface area contributed by atoms with E-state index in [-0.39, 0.29) is 18.1 Å². The molecule has 0 saturated carbocycles. The van der Waals surface area contributed by atoms with E-state index in [9.17, 15) is 9.90 Å². The average molecular weight is 399 g/mol. The van der Waals surface area contributed by atoms with E-state index in [0.717, 1.165) is 44.9 Å². The molecule has 4 heterocycles. The number of rotatable bonds is 3. The molecule has 1 spiro atoms. The molecule has 0 bridgehead atoms. The first kappa shape index (κ1) is 18.2. The van der Waals surface area contributed by atoms with Crippen molar-refractivity contribution in [1.82, 2.24) is 15.1 Å². The lowest BCUT2D eigenvalue weighted by atomic mass is 9.87. The smallest absolute Gasteiger partial charge is 0.253 e. The molecule has 0 radical (unpaired) electrons. The van der Waals surface area contributed by atoms with Crippen LogP contribution in [0.25, 0.3) is 10.1 Å². The molecule has 1 aromatic carbocycles. The molecule has 1 aromatic heterocycles. The molecule has 0 unspecified atom stereocenters. The van der Waals surface area contributed by atoms with Crippen molar-refractivity contribution >= 4 is 33.2 Å². The van der Waals surface area contributed by atoms with Crippen LogP contribution in [0.1, 0.15) is 24.6 Å². The maximum atomic E-state index is 12.3. The van der Waals surface area contributed by atoms with Crippen LogP contribution in [0.5, 0.6) is 0 Å². The van der Waals surface area contributed by atoms with E-state index < -0.39 is 5.54 Å². The van der Waals surface area contributed by atoms with Crippen molar-refractivity contribution in [2.75, 3.05) is 26.2 Å². The number of nitrogens with zero attached hydrogens (tertiary/aromatic N) is 3. The van der Waals surface area contributed by atoms with Crippen LogP contribution in [-0.2, 0) is 11.3 Å². The van der Waals surface area contributed by atoms with E-state index in [1.165, 1.54) is 15.0 Å². The molecular formula is C21H26N4O2S. The molecule has 3 aliphatic heterocycles. The summed E-state index contributed by atoms with van der Waals surface area (Å²) in [5, 5.41) is 14.8. The minimum Gasteiger partial charge on any atom is -0.390 e. The maximum absolute atomic E-state index is 12.3. The maximum Gasteiger partial charge on any atom is 0.253 e. The molecule has 6 nitrogen and oxygen atoms in total. The molecule has 5 rings (SSSR count). The summed E-state index contributed by atoms with van der Waals surface area (Å²) >= 11 is 1.84. The zero-order chi connectivity index (χ0) is 19.3. The Morgan fingerprint density at radius 2 is 2.07 bits per heavy atom. The fourth-order valence-electron chi connectivity index (χ4n) is 4.91. The van der Waals surface area contributed by atoms with Gasteiger partial charge in [0, 0.05) is 48.3 Å². The molecular weight excluding hydrogens is 372 g/mol. The molecule has 2 saturated heterocycles. The third-order valence-corrected chi connectivity index (χ3v) is 7.48. The third kappa shape index (κ3) is 3.16. The monoisotopic (exact) mass is 398 g/mol. The van der Waals surface area contributed by atoms with Crippen molar-refractivity contribution in [2.45, 2.75) is 44.0 Å². The number of amidine groups is 1. The third-order valence-electron chi connectivity index (χ3n) is 6.38. The van der Waals surface area contributed by atoms with Crippen LogP contribution in [0.4, 0.5) is 0 Å². The van der Waals surface area contributed by atoms with Crippen molar-refractivity contribution in [3.05, 3.63) is 35.2 Å². The van der Waals surface area contributed by atoms with Crippen LogP contribution < -0.4 is 5.32 Å². The molecule has 0 aliphatic carbocycles. The Labute approximate surface area is 168 Å². The number of hydrogen-bond donors (Lipinski definition) is 2. The van der Waals surface area contributed by atoms with Gasteiger partial charge in [0.2, 0.25) is 0 Å². The van der Waals surface area contributed by atoms with Gasteiger partial charge in [0.05, 0.1) is 6.10 Å². The van der Waals surface area contributed by atoms with E-state index in [2.05, 4.69) is 50.4 Å². The van der Waals surface area contributed by atoms with Gasteiger partial charge in [0.15, 0.2) is 0 Å². The lowest BCUT2D eigenvalue weighted by molar-refractivity contribution is -0.125. The van der Waals surface area contributed by atoms with Crippen molar-refractivity contribution < 1.29 is 9.90 Å². The Morgan fingerprint density at radius 1 is 1.29 bits per heavy atom. The number of β-amino-alcohol motifs (C(OH)–C–C–N with tert-alkyl or cyclic N) is 1. The van der Waals surface area contributed by atoms with Crippen LogP contribution in [-0.4, -0.2) is 70.5 Å². The van der Waals surface area contributed by atoms with E-state index in [0.29, 0.717) is 6.54 Å². The highest BCUT2D eigenvalue weighted by atomic mass is 32.1. The van der Waals surface area contributed by atoms with Crippen LogP contribution >= 0.6 is 11.3 Å². The Kier molecular flexibility index (Phi) is 4.50. The van der Waals surface area contributed by atoms with Crippen molar-refractivity contribution in [3.8, 4) is 0 Å². The Balaban J connectivity index is 1.22. The van der Waals surface area contributed by atoms with Crippen molar-refractivity contribution in [3.63, 3.8) is 0 Å². The number of likely N-dealkylation sites (tertiary alicyclic amines) is 2. The van der Waals surface area contributed by atoms with Crippen LogP contribution in [0.3, 0.4) is 0 Å². The molecule has 3 aliphatic rings. The lowest BCUT2D eigenvalue weighted by Crippen LogP contribution is -2.54. The van der Waals surface area contributed by atoms with Crippen LogP contribution in [0.15, 0.2) is 35.3 Å². The number of hydrogen-bond acceptors (Lipinski definition) is 6. The van der Waals surface area contributed by atoms with Gasteiger partial charge in [-0.15, -0.1) is 11.3 Å². The van der Waals surface area contributed by atoms with Gasteiger partial charge in [0.25, 0.3) is 5.91 Å². The summed E-state index contributed by atoms with van der Waals surface area (Å²) in [7, 11) is 0. The topological polar surface area (TPSA) is 68.2 Å². The predicted octanol–water partition coefficient (Wildman–Crippen LogP) is 1.83. The summed E-state index contributed by atoms with van der Waals surface area (Å²) in [5.41, 5.74) is -0.569. The summed E-state index contributed by atoms with van der Waals surface area (Å²) in [6.45, 7) is 5.93. The molecule has 2 atom stereocenters. The molecule has 28 heavy (non-hydrogen) atoms. The second-order valence-corrected chi connectivity index (χ2v) is 9.47. The fourth-order valence-corrected chi connectivity index (χ4v) is 6.02. The Bertz CT molecular complexity index is 898. The number of aliphatic hydroxyl groups excluding tert-OH is 1. The summed E-state index contributed by atoms with van der Waals surface area (Å²) in [4.78, 5) is 22.9. The van der Waals surface area contributed by atoms with E-state index in [1.54, 1.807) is 0 Å².